The number of hydrogen-bond donors (Lipinski definition) is 2. The molecule has 2 rings (SSSR count). The van der Waals surface area contributed by atoms with Crippen LogP contribution in [0.2, 0.25) is 0 Å². The Balaban J connectivity index is 2.15. The topological polar surface area (TPSA) is 63.8 Å². The van der Waals surface area contributed by atoms with Gasteiger partial charge in [-0.1, -0.05) is 32.9 Å². The third kappa shape index (κ3) is 3.09. The first-order chi connectivity index (χ1) is 8.46. The van der Waals surface area contributed by atoms with Gasteiger partial charge >= 0.3 is 0 Å². The number of nitrogen functional groups attached to an aromatic ring is 1. The van der Waals surface area contributed by atoms with Gasteiger partial charge in [0.15, 0.2) is 11.6 Å². The molecule has 4 nitrogen and oxygen atoms in total. The van der Waals surface area contributed by atoms with Crippen molar-refractivity contribution in [2.24, 2.45) is 5.41 Å². The summed E-state index contributed by atoms with van der Waals surface area (Å²) in [6.07, 6.45) is 1.06. The second-order valence-electron chi connectivity index (χ2n) is 5.68. The van der Waals surface area contributed by atoms with E-state index in [-0.39, 0.29) is 0 Å². The van der Waals surface area contributed by atoms with Crippen LogP contribution in [-0.2, 0) is 0 Å². The molecule has 0 radical (unpaired) electrons. The van der Waals surface area contributed by atoms with Crippen molar-refractivity contribution in [2.45, 2.75) is 27.2 Å². The Morgan fingerprint density at radius 2 is 1.72 bits per heavy atom. The fourth-order valence-electron chi connectivity index (χ4n) is 1.70. The molecule has 0 atom stereocenters. The lowest BCUT2D eigenvalue weighted by atomic mass is 9.92. The zero-order chi connectivity index (χ0) is 13.2. The molecule has 1 aromatic carbocycles. The van der Waals surface area contributed by atoms with Crippen LogP contribution in [0.15, 0.2) is 24.3 Å². The first kappa shape index (κ1) is 12.6. The highest BCUT2D eigenvalue weighted by molar-refractivity contribution is 5.79. The van der Waals surface area contributed by atoms with Crippen molar-refractivity contribution in [1.29, 1.82) is 0 Å². The Morgan fingerprint density at radius 1 is 1.11 bits per heavy atom. The molecule has 2 aromatic rings. The van der Waals surface area contributed by atoms with E-state index in [1.807, 2.05) is 24.3 Å². The maximum atomic E-state index is 5.90. The number of benzene rings is 1. The molecule has 0 saturated heterocycles. The minimum atomic E-state index is 0.298. The number of hydrogen-bond acceptors (Lipinski definition) is 4. The van der Waals surface area contributed by atoms with Crippen LogP contribution in [0.4, 0.5) is 11.6 Å². The summed E-state index contributed by atoms with van der Waals surface area (Å²) in [6.45, 7) is 7.49. The fraction of sp³-hybridized carbons (Fsp3) is 0.429. The van der Waals surface area contributed by atoms with E-state index in [9.17, 15) is 0 Å². The second kappa shape index (κ2) is 4.80. The normalized spacial score (nSPS) is 11.7. The van der Waals surface area contributed by atoms with E-state index >= 15 is 0 Å². The van der Waals surface area contributed by atoms with Gasteiger partial charge in [0, 0.05) is 6.54 Å². The zero-order valence-electron chi connectivity index (χ0n) is 11.2. The molecule has 0 spiro atoms. The molecular weight excluding hydrogens is 224 g/mol. The maximum absolute atomic E-state index is 5.90. The van der Waals surface area contributed by atoms with Crippen molar-refractivity contribution in [2.75, 3.05) is 17.6 Å². The van der Waals surface area contributed by atoms with Crippen LogP contribution in [0, 0.1) is 5.41 Å². The minimum absolute atomic E-state index is 0.298. The number of nitrogens with one attached hydrogen (secondary N) is 1. The van der Waals surface area contributed by atoms with E-state index in [0.717, 1.165) is 24.0 Å². The highest BCUT2D eigenvalue weighted by Crippen LogP contribution is 2.21. The van der Waals surface area contributed by atoms with E-state index in [4.69, 9.17) is 5.73 Å². The lowest BCUT2D eigenvalue weighted by molar-refractivity contribution is 0.389. The average molecular weight is 244 g/mol. The van der Waals surface area contributed by atoms with E-state index in [0.29, 0.717) is 17.1 Å². The highest BCUT2D eigenvalue weighted by atomic mass is 15.1. The summed E-state index contributed by atoms with van der Waals surface area (Å²) in [7, 11) is 0. The van der Waals surface area contributed by atoms with Crippen molar-refractivity contribution in [3.63, 3.8) is 0 Å². The Bertz CT molecular complexity index is 543. The smallest absolute Gasteiger partial charge is 0.169 e. The second-order valence-corrected chi connectivity index (χ2v) is 5.68. The summed E-state index contributed by atoms with van der Waals surface area (Å²) in [5.74, 6) is 1.14. The molecule has 0 unspecified atom stereocenters. The van der Waals surface area contributed by atoms with Crippen LogP contribution in [0.1, 0.15) is 27.2 Å². The standard InChI is InChI=1S/C14H20N4/c1-14(2,3)8-9-16-13-12(15)17-10-6-4-5-7-11(10)18-13/h4-7H,8-9H2,1-3H3,(H2,15,17)(H,16,18). The number of anilines is 2. The van der Waals surface area contributed by atoms with Crippen LogP contribution < -0.4 is 11.1 Å². The van der Waals surface area contributed by atoms with Gasteiger partial charge in [-0.3, -0.25) is 0 Å². The third-order valence-corrected chi connectivity index (χ3v) is 2.76. The Labute approximate surface area is 108 Å². The van der Waals surface area contributed by atoms with E-state index in [2.05, 4.69) is 36.1 Å². The molecule has 1 heterocycles. The Morgan fingerprint density at radius 3 is 2.33 bits per heavy atom. The van der Waals surface area contributed by atoms with Crippen LogP contribution in [0.25, 0.3) is 11.0 Å². The number of fused-ring (bicyclic) bond motifs is 1. The molecule has 0 saturated carbocycles. The molecule has 1 aromatic heterocycles. The minimum Gasteiger partial charge on any atom is -0.381 e. The van der Waals surface area contributed by atoms with Crippen LogP contribution in [0.3, 0.4) is 0 Å². The predicted molar refractivity (Wildman–Crippen MR) is 76.5 cm³/mol. The molecule has 18 heavy (non-hydrogen) atoms. The summed E-state index contributed by atoms with van der Waals surface area (Å²) in [6, 6.07) is 7.74. The van der Waals surface area contributed by atoms with Crippen LogP contribution in [0.5, 0.6) is 0 Å². The monoisotopic (exact) mass is 244 g/mol. The van der Waals surface area contributed by atoms with Gasteiger partial charge in [-0.15, -0.1) is 0 Å². The van der Waals surface area contributed by atoms with Gasteiger partial charge in [-0.05, 0) is 24.0 Å². The molecule has 0 amide bonds. The van der Waals surface area contributed by atoms with Crippen molar-refractivity contribution in [3.8, 4) is 0 Å². The van der Waals surface area contributed by atoms with Gasteiger partial charge in [0.25, 0.3) is 0 Å². The molecular formula is C14H20N4. The summed E-state index contributed by atoms with van der Waals surface area (Å²) in [5, 5.41) is 3.26. The van der Waals surface area contributed by atoms with Crippen molar-refractivity contribution in [3.05, 3.63) is 24.3 Å². The molecule has 0 bridgehead atoms. The van der Waals surface area contributed by atoms with Gasteiger partial charge in [0.1, 0.15) is 0 Å². The third-order valence-electron chi connectivity index (χ3n) is 2.76. The van der Waals surface area contributed by atoms with Crippen molar-refractivity contribution in [1.82, 2.24) is 9.97 Å². The van der Waals surface area contributed by atoms with Gasteiger partial charge in [-0.2, -0.15) is 0 Å². The van der Waals surface area contributed by atoms with Crippen LogP contribution >= 0.6 is 0 Å². The van der Waals surface area contributed by atoms with E-state index in [1.54, 1.807) is 0 Å². The Hall–Kier alpha value is -1.84. The number of rotatable bonds is 3. The van der Waals surface area contributed by atoms with Crippen molar-refractivity contribution < 1.29 is 0 Å². The first-order valence-electron chi connectivity index (χ1n) is 6.22. The molecule has 96 valence electrons. The zero-order valence-corrected chi connectivity index (χ0v) is 11.2. The molecule has 0 aliphatic carbocycles. The average Bonchev–Trinajstić information content (AvgIpc) is 2.28. The van der Waals surface area contributed by atoms with Gasteiger partial charge < -0.3 is 11.1 Å². The lowest BCUT2D eigenvalue weighted by Gasteiger charge is -2.18. The Kier molecular flexibility index (Phi) is 3.36. The SMILES string of the molecule is CC(C)(C)CCNc1nc2ccccc2nc1N. The largest absolute Gasteiger partial charge is 0.381 e. The molecule has 3 N–H and O–H groups in total. The van der Waals surface area contributed by atoms with E-state index < -0.39 is 0 Å². The number of nitrogens with zero attached hydrogens (tertiary/aromatic N) is 2. The van der Waals surface area contributed by atoms with Gasteiger partial charge in [0.2, 0.25) is 0 Å². The molecule has 4 heteroatoms. The number of aromatic nitrogens is 2. The van der Waals surface area contributed by atoms with Gasteiger partial charge in [-0.25, -0.2) is 9.97 Å². The van der Waals surface area contributed by atoms with Crippen molar-refractivity contribution >= 4 is 22.7 Å². The molecule has 0 aliphatic rings. The summed E-state index contributed by atoms with van der Waals surface area (Å²) >= 11 is 0. The maximum Gasteiger partial charge on any atom is 0.169 e. The highest BCUT2D eigenvalue weighted by Gasteiger charge is 2.10. The van der Waals surface area contributed by atoms with Crippen LogP contribution in [-0.4, -0.2) is 16.5 Å². The predicted octanol–water partition coefficient (Wildman–Crippen LogP) is 3.06. The molecule has 0 aliphatic heterocycles. The number of para-hydroxylation sites is 2. The lowest BCUT2D eigenvalue weighted by Crippen LogP contribution is -2.14. The summed E-state index contributed by atoms with van der Waals surface area (Å²) in [5.41, 5.74) is 7.89. The summed E-state index contributed by atoms with van der Waals surface area (Å²) in [4.78, 5) is 8.84. The van der Waals surface area contributed by atoms with Gasteiger partial charge in [0.05, 0.1) is 11.0 Å². The fourth-order valence-corrected chi connectivity index (χ4v) is 1.70. The van der Waals surface area contributed by atoms with E-state index in [1.165, 1.54) is 0 Å². The summed E-state index contributed by atoms with van der Waals surface area (Å²) < 4.78 is 0. The number of nitrogens with two attached hydrogens (primary N) is 1. The first-order valence-corrected chi connectivity index (χ1v) is 6.22. The quantitative estimate of drug-likeness (QED) is 0.871. The molecule has 0 fully saturated rings.